The standard InChI is InChI=1S/C17H15N3O2S/c1-22-14-9-5-8-13(10-14)15-16(23-20-19-15)17(21)18-11-12-6-3-2-4-7-12/h2-10H,11H2,1H3,(H,18,21). The topological polar surface area (TPSA) is 64.1 Å². The predicted octanol–water partition coefficient (Wildman–Crippen LogP) is 3.14. The maximum absolute atomic E-state index is 12.4. The fraction of sp³-hybridized carbons (Fsp3) is 0.118. The second-order valence-electron chi connectivity index (χ2n) is 4.85. The van der Waals surface area contributed by atoms with Gasteiger partial charge in [-0.3, -0.25) is 4.79 Å². The van der Waals surface area contributed by atoms with Crippen LogP contribution in [-0.4, -0.2) is 22.6 Å². The fourth-order valence-electron chi connectivity index (χ4n) is 2.16. The van der Waals surface area contributed by atoms with Crippen molar-refractivity contribution in [1.29, 1.82) is 0 Å². The Labute approximate surface area is 138 Å². The van der Waals surface area contributed by atoms with Crippen LogP contribution in [0.2, 0.25) is 0 Å². The lowest BCUT2D eigenvalue weighted by Crippen LogP contribution is -2.22. The molecule has 0 aliphatic heterocycles. The van der Waals surface area contributed by atoms with Crippen molar-refractivity contribution in [2.24, 2.45) is 0 Å². The van der Waals surface area contributed by atoms with Crippen LogP contribution in [0, 0.1) is 0 Å². The lowest BCUT2D eigenvalue weighted by atomic mass is 10.1. The average Bonchev–Trinajstić information content (AvgIpc) is 3.10. The van der Waals surface area contributed by atoms with Crippen molar-refractivity contribution in [3.63, 3.8) is 0 Å². The molecule has 0 radical (unpaired) electrons. The molecule has 116 valence electrons. The van der Waals surface area contributed by atoms with Gasteiger partial charge in [0.05, 0.1) is 7.11 Å². The van der Waals surface area contributed by atoms with Crippen molar-refractivity contribution in [2.45, 2.75) is 6.54 Å². The molecule has 0 aliphatic carbocycles. The molecule has 2 aromatic carbocycles. The highest BCUT2D eigenvalue weighted by Gasteiger charge is 2.18. The normalized spacial score (nSPS) is 10.3. The molecular formula is C17H15N3O2S. The Bertz CT molecular complexity index is 802. The minimum Gasteiger partial charge on any atom is -0.497 e. The number of methoxy groups -OCH3 is 1. The molecule has 5 nitrogen and oxygen atoms in total. The monoisotopic (exact) mass is 325 g/mol. The number of benzene rings is 2. The van der Waals surface area contributed by atoms with Gasteiger partial charge in [-0.15, -0.1) is 5.10 Å². The van der Waals surface area contributed by atoms with Gasteiger partial charge in [0.2, 0.25) is 0 Å². The molecule has 1 amide bonds. The Morgan fingerprint density at radius 2 is 2.00 bits per heavy atom. The summed E-state index contributed by atoms with van der Waals surface area (Å²) in [7, 11) is 1.60. The van der Waals surface area contributed by atoms with E-state index in [1.54, 1.807) is 7.11 Å². The maximum Gasteiger partial charge on any atom is 0.265 e. The van der Waals surface area contributed by atoms with Gasteiger partial charge in [-0.2, -0.15) is 0 Å². The Hall–Kier alpha value is -2.73. The third-order valence-corrected chi connectivity index (χ3v) is 4.06. The number of amides is 1. The predicted molar refractivity (Wildman–Crippen MR) is 89.5 cm³/mol. The number of hydrogen-bond donors (Lipinski definition) is 1. The van der Waals surface area contributed by atoms with E-state index in [-0.39, 0.29) is 5.91 Å². The van der Waals surface area contributed by atoms with E-state index in [9.17, 15) is 4.79 Å². The second-order valence-corrected chi connectivity index (χ2v) is 5.61. The van der Waals surface area contributed by atoms with E-state index < -0.39 is 0 Å². The van der Waals surface area contributed by atoms with Crippen molar-refractivity contribution < 1.29 is 9.53 Å². The van der Waals surface area contributed by atoms with Gasteiger partial charge in [-0.25, -0.2) is 0 Å². The molecule has 3 rings (SSSR count). The van der Waals surface area contributed by atoms with Crippen LogP contribution in [0.25, 0.3) is 11.3 Å². The molecule has 1 heterocycles. The third-order valence-electron chi connectivity index (χ3n) is 3.33. The van der Waals surface area contributed by atoms with Crippen LogP contribution in [0.15, 0.2) is 54.6 Å². The van der Waals surface area contributed by atoms with E-state index in [1.165, 1.54) is 0 Å². The van der Waals surface area contributed by atoms with Crippen LogP contribution >= 0.6 is 11.5 Å². The van der Waals surface area contributed by atoms with E-state index >= 15 is 0 Å². The van der Waals surface area contributed by atoms with E-state index in [0.717, 1.165) is 22.7 Å². The van der Waals surface area contributed by atoms with Crippen molar-refractivity contribution in [3.05, 3.63) is 65.0 Å². The molecule has 0 unspecified atom stereocenters. The van der Waals surface area contributed by atoms with Crippen LogP contribution in [0.3, 0.4) is 0 Å². The highest BCUT2D eigenvalue weighted by Crippen LogP contribution is 2.26. The smallest absolute Gasteiger partial charge is 0.265 e. The van der Waals surface area contributed by atoms with Gasteiger partial charge in [-0.1, -0.05) is 47.0 Å². The van der Waals surface area contributed by atoms with Gasteiger partial charge < -0.3 is 10.1 Å². The summed E-state index contributed by atoms with van der Waals surface area (Å²) in [5.41, 5.74) is 2.42. The molecule has 6 heteroatoms. The summed E-state index contributed by atoms with van der Waals surface area (Å²) < 4.78 is 9.13. The zero-order valence-electron chi connectivity index (χ0n) is 12.5. The van der Waals surface area contributed by atoms with Crippen LogP contribution in [-0.2, 0) is 6.54 Å². The van der Waals surface area contributed by atoms with Gasteiger partial charge in [-0.05, 0) is 29.2 Å². The van der Waals surface area contributed by atoms with Crippen LogP contribution in [0.4, 0.5) is 0 Å². The summed E-state index contributed by atoms with van der Waals surface area (Å²) in [6, 6.07) is 17.2. The first-order chi connectivity index (χ1) is 11.3. The van der Waals surface area contributed by atoms with Gasteiger partial charge in [0.15, 0.2) is 0 Å². The van der Waals surface area contributed by atoms with Crippen molar-refractivity contribution in [2.75, 3.05) is 7.11 Å². The lowest BCUT2D eigenvalue weighted by Gasteiger charge is -2.06. The van der Waals surface area contributed by atoms with Gasteiger partial charge >= 0.3 is 0 Å². The largest absolute Gasteiger partial charge is 0.497 e. The Kier molecular flexibility index (Phi) is 4.63. The highest BCUT2D eigenvalue weighted by atomic mass is 32.1. The fourth-order valence-corrected chi connectivity index (χ4v) is 2.76. The number of carbonyl (C=O) groups excluding carboxylic acids is 1. The van der Waals surface area contributed by atoms with Crippen LogP contribution in [0.1, 0.15) is 15.2 Å². The lowest BCUT2D eigenvalue weighted by molar-refractivity contribution is 0.0955. The Morgan fingerprint density at radius 3 is 2.78 bits per heavy atom. The molecule has 0 saturated carbocycles. The van der Waals surface area contributed by atoms with Gasteiger partial charge in [0, 0.05) is 12.1 Å². The molecule has 0 aliphatic rings. The van der Waals surface area contributed by atoms with E-state index in [0.29, 0.717) is 22.9 Å². The average molecular weight is 325 g/mol. The summed E-state index contributed by atoms with van der Waals surface area (Å²) in [5, 5.41) is 6.99. The molecule has 1 aromatic heterocycles. The number of nitrogens with zero attached hydrogens (tertiary/aromatic N) is 2. The zero-order valence-corrected chi connectivity index (χ0v) is 13.3. The number of hydrogen-bond acceptors (Lipinski definition) is 5. The molecule has 0 spiro atoms. The molecule has 23 heavy (non-hydrogen) atoms. The summed E-state index contributed by atoms with van der Waals surface area (Å²) >= 11 is 1.09. The molecule has 3 aromatic rings. The molecule has 0 atom stereocenters. The first-order valence-corrected chi connectivity index (χ1v) is 7.84. The minimum atomic E-state index is -0.179. The SMILES string of the molecule is COc1cccc(-c2nnsc2C(=O)NCc2ccccc2)c1. The van der Waals surface area contributed by atoms with Crippen molar-refractivity contribution in [1.82, 2.24) is 14.9 Å². The van der Waals surface area contributed by atoms with E-state index in [4.69, 9.17) is 4.74 Å². The van der Waals surface area contributed by atoms with Gasteiger partial charge in [0.25, 0.3) is 5.91 Å². The first kappa shape index (κ1) is 15.2. The molecule has 0 fully saturated rings. The Balaban J connectivity index is 1.78. The van der Waals surface area contributed by atoms with Gasteiger partial charge in [0.1, 0.15) is 16.3 Å². The highest BCUT2D eigenvalue weighted by molar-refractivity contribution is 7.08. The minimum absolute atomic E-state index is 0.179. The summed E-state index contributed by atoms with van der Waals surface area (Å²) in [6.45, 7) is 0.467. The van der Waals surface area contributed by atoms with E-state index in [2.05, 4.69) is 14.9 Å². The summed E-state index contributed by atoms with van der Waals surface area (Å²) in [5.74, 6) is 0.535. The van der Waals surface area contributed by atoms with Crippen LogP contribution < -0.4 is 10.1 Å². The summed E-state index contributed by atoms with van der Waals surface area (Å²) in [6.07, 6.45) is 0. The quantitative estimate of drug-likeness (QED) is 0.783. The summed E-state index contributed by atoms with van der Waals surface area (Å²) in [4.78, 5) is 12.9. The zero-order chi connectivity index (χ0) is 16.1. The number of aromatic nitrogens is 2. The van der Waals surface area contributed by atoms with Crippen molar-refractivity contribution in [3.8, 4) is 17.0 Å². The van der Waals surface area contributed by atoms with Crippen molar-refractivity contribution >= 4 is 17.4 Å². The maximum atomic E-state index is 12.4. The third kappa shape index (κ3) is 3.54. The Morgan fingerprint density at radius 1 is 1.17 bits per heavy atom. The molecular weight excluding hydrogens is 310 g/mol. The van der Waals surface area contributed by atoms with E-state index in [1.807, 2.05) is 54.6 Å². The second kappa shape index (κ2) is 7.02. The first-order valence-electron chi connectivity index (χ1n) is 7.07. The molecule has 0 saturated heterocycles. The molecule has 1 N–H and O–H groups in total. The molecule has 0 bridgehead atoms. The van der Waals surface area contributed by atoms with Crippen LogP contribution in [0.5, 0.6) is 5.75 Å². The number of ether oxygens (including phenoxy) is 1. The number of rotatable bonds is 5. The number of nitrogens with one attached hydrogen (secondary N) is 1. The number of carbonyl (C=O) groups is 1.